The predicted molar refractivity (Wildman–Crippen MR) is 50.5 cm³/mol. The Bertz CT molecular complexity index is 161. The Morgan fingerprint density at radius 2 is 2.00 bits per heavy atom. The Morgan fingerprint density at radius 1 is 1.33 bits per heavy atom. The number of nitrogens with one attached hydrogen (secondary N) is 1. The molecule has 12 heavy (non-hydrogen) atoms. The van der Waals surface area contributed by atoms with E-state index in [-0.39, 0.29) is 17.9 Å². The summed E-state index contributed by atoms with van der Waals surface area (Å²) in [5.74, 6) is 0.765. The number of hydrogen-bond acceptors (Lipinski definition) is 1. The molecule has 1 aliphatic heterocycles. The maximum atomic E-state index is 13.0. The largest absolute Gasteiger partial charge is 0.311 e. The van der Waals surface area contributed by atoms with E-state index in [4.69, 9.17) is 0 Å². The van der Waals surface area contributed by atoms with Crippen LogP contribution < -0.4 is 5.32 Å². The first-order valence-corrected chi connectivity index (χ1v) is 4.60. The zero-order chi connectivity index (χ0) is 7.90. The van der Waals surface area contributed by atoms with Gasteiger partial charge in [0.2, 0.25) is 0 Å². The monoisotopic (exact) mass is 193 g/mol. The quantitative estimate of drug-likeness (QED) is 0.674. The van der Waals surface area contributed by atoms with E-state index in [0.717, 1.165) is 18.9 Å². The molecule has 2 fully saturated rings. The van der Waals surface area contributed by atoms with Crippen LogP contribution in [0.15, 0.2) is 0 Å². The van der Waals surface area contributed by atoms with Crippen LogP contribution in [-0.4, -0.2) is 18.3 Å². The van der Waals surface area contributed by atoms with Crippen molar-refractivity contribution < 1.29 is 4.39 Å². The number of halogens is 2. The molecule has 0 aromatic rings. The summed E-state index contributed by atoms with van der Waals surface area (Å²) in [5.41, 5.74) is 0.137. The normalized spacial score (nSPS) is 42.0. The van der Waals surface area contributed by atoms with Crippen molar-refractivity contribution in [2.45, 2.75) is 44.3 Å². The predicted octanol–water partition coefficient (Wildman–Crippen LogP) is 2.30. The van der Waals surface area contributed by atoms with Gasteiger partial charge in [-0.25, -0.2) is 4.39 Å². The van der Waals surface area contributed by atoms with E-state index in [1.165, 1.54) is 12.8 Å². The van der Waals surface area contributed by atoms with Crippen molar-refractivity contribution >= 4 is 12.4 Å². The fourth-order valence-electron chi connectivity index (χ4n) is 2.18. The van der Waals surface area contributed by atoms with Crippen molar-refractivity contribution in [2.75, 3.05) is 6.54 Å². The minimum absolute atomic E-state index is 0. The smallest absolute Gasteiger partial charge is 0.103 e. The highest BCUT2D eigenvalue weighted by Gasteiger charge is 2.44. The molecule has 1 heterocycles. The lowest BCUT2D eigenvalue weighted by Crippen LogP contribution is -2.51. The van der Waals surface area contributed by atoms with Crippen molar-refractivity contribution in [3.63, 3.8) is 0 Å². The van der Waals surface area contributed by atoms with Gasteiger partial charge in [0, 0.05) is 5.54 Å². The van der Waals surface area contributed by atoms with Crippen molar-refractivity contribution in [1.82, 2.24) is 5.32 Å². The van der Waals surface area contributed by atoms with Crippen LogP contribution in [0.5, 0.6) is 0 Å². The van der Waals surface area contributed by atoms with Gasteiger partial charge >= 0.3 is 0 Å². The van der Waals surface area contributed by atoms with Crippen LogP contribution in [-0.2, 0) is 0 Å². The molecule has 2 rings (SSSR count). The van der Waals surface area contributed by atoms with Gasteiger partial charge in [-0.1, -0.05) is 0 Å². The molecular weight excluding hydrogens is 177 g/mol. The third-order valence-electron chi connectivity index (χ3n) is 3.11. The second-order valence-electron chi connectivity index (χ2n) is 4.21. The molecule has 2 atom stereocenters. The molecule has 72 valence electrons. The fourth-order valence-corrected chi connectivity index (χ4v) is 2.18. The zero-order valence-corrected chi connectivity index (χ0v) is 8.29. The molecule has 1 aliphatic carbocycles. The third-order valence-corrected chi connectivity index (χ3v) is 3.11. The van der Waals surface area contributed by atoms with E-state index in [1.54, 1.807) is 0 Å². The molecule has 0 aromatic carbocycles. The van der Waals surface area contributed by atoms with Crippen molar-refractivity contribution in [1.29, 1.82) is 0 Å². The third kappa shape index (κ3) is 1.91. The van der Waals surface area contributed by atoms with Crippen LogP contribution in [0.25, 0.3) is 0 Å². The second kappa shape index (κ2) is 3.51. The van der Waals surface area contributed by atoms with Crippen molar-refractivity contribution in [3.05, 3.63) is 0 Å². The summed E-state index contributed by atoms with van der Waals surface area (Å²) < 4.78 is 13.0. The average Bonchev–Trinajstić information content (AvgIpc) is 2.66. The van der Waals surface area contributed by atoms with E-state index in [2.05, 4.69) is 12.2 Å². The van der Waals surface area contributed by atoms with Crippen LogP contribution in [0, 0.1) is 5.92 Å². The molecule has 1 nitrogen and oxygen atoms in total. The van der Waals surface area contributed by atoms with Gasteiger partial charge in [0.05, 0.1) is 0 Å². The summed E-state index contributed by atoms with van der Waals surface area (Å²) >= 11 is 0. The van der Waals surface area contributed by atoms with Gasteiger partial charge in [-0.2, -0.15) is 0 Å². The molecule has 0 radical (unpaired) electrons. The second-order valence-corrected chi connectivity index (χ2v) is 4.21. The maximum absolute atomic E-state index is 13.0. The van der Waals surface area contributed by atoms with Gasteiger partial charge in [-0.3, -0.25) is 0 Å². The van der Waals surface area contributed by atoms with Crippen LogP contribution in [0.2, 0.25) is 0 Å². The minimum Gasteiger partial charge on any atom is -0.311 e. The molecule has 0 aromatic heterocycles. The van der Waals surface area contributed by atoms with E-state index >= 15 is 0 Å². The van der Waals surface area contributed by atoms with E-state index < -0.39 is 6.17 Å². The van der Waals surface area contributed by atoms with Crippen LogP contribution in [0.1, 0.15) is 32.6 Å². The van der Waals surface area contributed by atoms with Crippen molar-refractivity contribution in [2.24, 2.45) is 5.92 Å². The van der Waals surface area contributed by atoms with Crippen molar-refractivity contribution in [3.8, 4) is 0 Å². The molecule has 2 unspecified atom stereocenters. The Kier molecular flexibility index (Phi) is 3.00. The summed E-state index contributed by atoms with van der Waals surface area (Å²) in [6, 6.07) is 0. The molecule has 3 heteroatoms. The highest BCUT2D eigenvalue weighted by atomic mass is 35.5. The molecular formula is C9H17ClFN. The van der Waals surface area contributed by atoms with Gasteiger partial charge in [-0.05, 0) is 45.1 Å². The van der Waals surface area contributed by atoms with Gasteiger partial charge < -0.3 is 5.32 Å². The lowest BCUT2D eigenvalue weighted by Gasteiger charge is -2.37. The van der Waals surface area contributed by atoms with Crippen LogP contribution >= 0.6 is 12.4 Å². The van der Waals surface area contributed by atoms with Gasteiger partial charge in [-0.15, -0.1) is 12.4 Å². The summed E-state index contributed by atoms with van der Waals surface area (Å²) in [6.45, 7) is 3.05. The fraction of sp³-hybridized carbons (Fsp3) is 1.00. The van der Waals surface area contributed by atoms with Gasteiger partial charge in [0.1, 0.15) is 6.17 Å². The molecule has 1 saturated heterocycles. The van der Waals surface area contributed by atoms with Gasteiger partial charge in [0.15, 0.2) is 0 Å². The standard InChI is InChI=1S/C9H16FN.ClH/c1-9(7-2-3-7)6-8(10)4-5-11-9;/h7-8,11H,2-6H2,1H3;1H. The number of hydrogen-bond donors (Lipinski definition) is 1. The van der Waals surface area contributed by atoms with Gasteiger partial charge in [0.25, 0.3) is 0 Å². The lowest BCUT2D eigenvalue weighted by molar-refractivity contribution is 0.147. The Labute approximate surface area is 79.5 Å². The Morgan fingerprint density at radius 3 is 2.50 bits per heavy atom. The summed E-state index contributed by atoms with van der Waals surface area (Å²) in [4.78, 5) is 0. The molecule has 1 saturated carbocycles. The Hall–Kier alpha value is 0.180. The molecule has 0 spiro atoms. The first-order chi connectivity index (χ1) is 5.21. The lowest BCUT2D eigenvalue weighted by atomic mass is 9.85. The first-order valence-electron chi connectivity index (χ1n) is 4.60. The van der Waals surface area contributed by atoms with E-state index in [9.17, 15) is 4.39 Å². The number of alkyl halides is 1. The molecule has 2 aliphatic rings. The molecule has 0 amide bonds. The summed E-state index contributed by atoms with van der Waals surface area (Å²) in [7, 11) is 0. The molecule has 1 N–H and O–H groups in total. The van der Waals surface area contributed by atoms with E-state index in [1.807, 2.05) is 0 Å². The summed E-state index contributed by atoms with van der Waals surface area (Å²) in [5, 5.41) is 3.45. The van der Waals surface area contributed by atoms with Crippen LogP contribution in [0.3, 0.4) is 0 Å². The molecule has 0 bridgehead atoms. The van der Waals surface area contributed by atoms with E-state index in [0.29, 0.717) is 6.42 Å². The SMILES string of the molecule is CC1(C2CC2)CC(F)CCN1.Cl. The first kappa shape index (κ1) is 10.3. The minimum atomic E-state index is -0.554. The number of rotatable bonds is 1. The Balaban J connectivity index is 0.000000720. The average molecular weight is 194 g/mol. The topological polar surface area (TPSA) is 12.0 Å². The highest BCUT2D eigenvalue weighted by Crippen LogP contribution is 2.43. The zero-order valence-electron chi connectivity index (χ0n) is 7.48. The number of piperidine rings is 1. The highest BCUT2D eigenvalue weighted by molar-refractivity contribution is 5.85. The maximum Gasteiger partial charge on any atom is 0.103 e. The summed E-state index contributed by atoms with van der Waals surface area (Å²) in [6.07, 6.45) is 3.49. The van der Waals surface area contributed by atoms with Crippen LogP contribution in [0.4, 0.5) is 4.39 Å².